The van der Waals surface area contributed by atoms with Crippen LogP contribution in [0, 0.1) is 0 Å². The highest BCUT2D eigenvalue weighted by molar-refractivity contribution is 5.85. The normalized spacial score (nSPS) is 10.5. The second kappa shape index (κ2) is 12.2. The van der Waals surface area contributed by atoms with Gasteiger partial charge in [-0.3, -0.25) is 0 Å². The molecule has 0 saturated heterocycles. The van der Waals surface area contributed by atoms with Gasteiger partial charge in [-0.05, 0) is 58.6 Å². The van der Waals surface area contributed by atoms with Crippen molar-refractivity contribution in [3.63, 3.8) is 0 Å². The quantitative estimate of drug-likeness (QED) is 0.706. The van der Waals surface area contributed by atoms with Crippen molar-refractivity contribution in [3.8, 4) is 5.75 Å². The molecule has 0 aliphatic rings. The number of nitrogens with zero attached hydrogens (tertiary/aromatic N) is 2. The zero-order valence-corrected chi connectivity index (χ0v) is 17.9. The van der Waals surface area contributed by atoms with Crippen LogP contribution < -0.4 is 0 Å². The maximum Gasteiger partial charge on any atom is 0.124 e. The van der Waals surface area contributed by atoms with Crippen LogP contribution in [0.1, 0.15) is 28.7 Å². The lowest BCUT2D eigenvalue weighted by molar-refractivity contribution is 0.368. The van der Waals surface area contributed by atoms with E-state index in [1.54, 1.807) is 0 Å². The van der Waals surface area contributed by atoms with Gasteiger partial charge >= 0.3 is 0 Å². The lowest BCUT2D eigenvalue weighted by Gasteiger charge is -2.18. The summed E-state index contributed by atoms with van der Waals surface area (Å²) in [6.07, 6.45) is 3.25. The smallest absolute Gasteiger partial charge is 0.124 e. The maximum atomic E-state index is 10.6. The van der Waals surface area contributed by atoms with Gasteiger partial charge in [0.05, 0.1) is 0 Å². The Hall–Kier alpha value is -1.26. The van der Waals surface area contributed by atoms with E-state index in [9.17, 15) is 5.11 Å². The predicted molar refractivity (Wildman–Crippen MR) is 116 cm³/mol. The van der Waals surface area contributed by atoms with E-state index in [0.717, 1.165) is 43.5 Å². The van der Waals surface area contributed by atoms with E-state index < -0.39 is 0 Å². The Bertz CT molecular complexity index is 615. The van der Waals surface area contributed by atoms with Crippen molar-refractivity contribution in [3.05, 3.63) is 64.7 Å². The number of hydrogen-bond donors (Lipinski definition) is 1. The molecule has 26 heavy (non-hydrogen) atoms. The van der Waals surface area contributed by atoms with Gasteiger partial charge in [-0.25, -0.2) is 0 Å². The molecule has 146 valence electrons. The van der Waals surface area contributed by atoms with E-state index in [0.29, 0.717) is 5.75 Å². The molecule has 0 heterocycles. The van der Waals surface area contributed by atoms with Crippen LogP contribution in [0.2, 0.25) is 0 Å². The van der Waals surface area contributed by atoms with Gasteiger partial charge in [-0.2, -0.15) is 0 Å². The van der Waals surface area contributed by atoms with Gasteiger partial charge in [0.1, 0.15) is 5.75 Å². The molecule has 0 aliphatic carbocycles. The van der Waals surface area contributed by atoms with Crippen molar-refractivity contribution < 1.29 is 5.11 Å². The van der Waals surface area contributed by atoms with Crippen molar-refractivity contribution in [2.24, 2.45) is 0 Å². The van der Waals surface area contributed by atoms with Crippen LogP contribution in [0.4, 0.5) is 0 Å². The number of halogens is 2. The van der Waals surface area contributed by atoms with E-state index in [1.807, 2.05) is 28.2 Å². The molecule has 1 N–H and O–H groups in total. The summed E-state index contributed by atoms with van der Waals surface area (Å²) in [5.74, 6) is 0.448. The molecular formula is C21H32Cl2N2O. The molecule has 2 aromatic carbocycles. The lowest BCUT2D eigenvalue weighted by atomic mass is 9.98. The summed E-state index contributed by atoms with van der Waals surface area (Å²) in [6.45, 7) is 1.53. The minimum absolute atomic E-state index is 0. The first-order valence-electron chi connectivity index (χ1n) is 8.62. The summed E-state index contributed by atoms with van der Waals surface area (Å²) in [6, 6.07) is 15.0. The van der Waals surface area contributed by atoms with Crippen LogP contribution in [-0.4, -0.2) is 43.1 Å². The molecule has 5 heteroatoms. The monoisotopic (exact) mass is 398 g/mol. The van der Waals surface area contributed by atoms with Crippen LogP contribution in [-0.2, 0) is 25.9 Å². The van der Waals surface area contributed by atoms with Crippen molar-refractivity contribution in [2.45, 2.75) is 32.4 Å². The molecule has 0 atom stereocenters. The van der Waals surface area contributed by atoms with Crippen LogP contribution in [0.3, 0.4) is 0 Å². The van der Waals surface area contributed by atoms with Gasteiger partial charge in [0, 0.05) is 24.2 Å². The molecule has 2 rings (SSSR count). The van der Waals surface area contributed by atoms with Crippen LogP contribution in [0.15, 0.2) is 42.5 Å². The average molecular weight is 399 g/mol. The fraction of sp³-hybridized carbons (Fsp3) is 0.429. The first-order chi connectivity index (χ1) is 11.5. The van der Waals surface area contributed by atoms with Gasteiger partial charge in [-0.15, -0.1) is 24.8 Å². The standard InChI is InChI=1S/C21H30N2O.2ClH/c1-22(2)15-19-13-18(14-20(21(19)24)16-23(3)4)12-8-11-17-9-6-5-7-10-17;;/h5-7,9-10,13-14,24H,8,11-12,15-16H2,1-4H3;2*1H. The molecule has 0 spiro atoms. The topological polar surface area (TPSA) is 26.7 Å². The Kier molecular flexibility index (Phi) is 11.6. The summed E-state index contributed by atoms with van der Waals surface area (Å²) < 4.78 is 0. The molecule has 3 nitrogen and oxygen atoms in total. The van der Waals surface area contributed by atoms with Crippen molar-refractivity contribution in [1.29, 1.82) is 0 Å². The van der Waals surface area contributed by atoms with Gasteiger partial charge in [0.15, 0.2) is 0 Å². The fourth-order valence-corrected chi connectivity index (χ4v) is 3.04. The zero-order chi connectivity index (χ0) is 17.5. The Morgan fingerprint density at radius 1 is 0.731 bits per heavy atom. The summed E-state index contributed by atoms with van der Waals surface area (Å²) in [5, 5.41) is 10.6. The van der Waals surface area contributed by atoms with Crippen LogP contribution >= 0.6 is 24.8 Å². The number of aryl methyl sites for hydroxylation is 2. The molecule has 0 amide bonds. The molecule has 0 radical (unpaired) electrons. The molecular weight excluding hydrogens is 367 g/mol. The van der Waals surface area contributed by atoms with E-state index in [1.165, 1.54) is 11.1 Å². The largest absolute Gasteiger partial charge is 0.507 e. The number of phenols is 1. The van der Waals surface area contributed by atoms with Crippen molar-refractivity contribution in [2.75, 3.05) is 28.2 Å². The first-order valence-corrected chi connectivity index (χ1v) is 8.62. The van der Waals surface area contributed by atoms with Gasteiger partial charge in [0.2, 0.25) is 0 Å². The van der Waals surface area contributed by atoms with Gasteiger partial charge in [0.25, 0.3) is 0 Å². The molecule has 2 aromatic rings. The van der Waals surface area contributed by atoms with Crippen LogP contribution in [0.5, 0.6) is 5.75 Å². The number of hydrogen-bond acceptors (Lipinski definition) is 3. The molecule has 0 unspecified atom stereocenters. The molecule has 0 fully saturated rings. The Balaban J connectivity index is 0.00000312. The van der Waals surface area contributed by atoms with Gasteiger partial charge in [-0.1, -0.05) is 42.5 Å². The average Bonchev–Trinajstić information content (AvgIpc) is 2.52. The highest BCUT2D eigenvalue weighted by atomic mass is 35.5. The molecule has 0 aromatic heterocycles. The second-order valence-corrected chi connectivity index (χ2v) is 7.08. The third-order valence-electron chi connectivity index (χ3n) is 4.07. The van der Waals surface area contributed by atoms with Crippen molar-refractivity contribution >= 4 is 24.8 Å². The SMILES string of the molecule is CN(C)Cc1cc(CCCc2ccccc2)cc(CN(C)C)c1O.Cl.Cl. The number of aromatic hydroxyl groups is 1. The molecule has 0 saturated carbocycles. The molecule has 0 bridgehead atoms. The summed E-state index contributed by atoms with van der Waals surface area (Å²) in [4.78, 5) is 4.20. The first kappa shape index (κ1) is 24.7. The second-order valence-electron chi connectivity index (χ2n) is 7.08. The molecule has 0 aliphatic heterocycles. The fourth-order valence-electron chi connectivity index (χ4n) is 3.04. The Morgan fingerprint density at radius 3 is 1.65 bits per heavy atom. The van der Waals surface area contributed by atoms with E-state index in [2.05, 4.69) is 52.3 Å². The van der Waals surface area contributed by atoms with Gasteiger partial charge < -0.3 is 14.9 Å². The Labute approximate surface area is 170 Å². The lowest BCUT2D eigenvalue weighted by Crippen LogP contribution is -2.14. The van der Waals surface area contributed by atoms with E-state index >= 15 is 0 Å². The van der Waals surface area contributed by atoms with Crippen LogP contribution in [0.25, 0.3) is 0 Å². The third-order valence-corrected chi connectivity index (χ3v) is 4.07. The highest BCUT2D eigenvalue weighted by Crippen LogP contribution is 2.27. The third kappa shape index (κ3) is 7.96. The summed E-state index contributed by atoms with van der Waals surface area (Å²) >= 11 is 0. The predicted octanol–water partition coefficient (Wildman–Crippen LogP) is 4.53. The number of benzene rings is 2. The maximum absolute atomic E-state index is 10.6. The minimum atomic E-state index is 0. The minimum Gasteiger partial charge on any atom is -0.507 e. The zero-order valence-electron chi connectivity index (χ0n) is 16.2. The summed E-state index contributed by atoms with van der Waals surface area (Å²) in [5.41, 5.74) is 4.75. The van der Waals surface area contributed by atoms with E-state index in [4.69, 9.17) is 0 Å². The number of phenolic OH excluding ortho intramolecular Hbond substituents is 1. The summed E-state index contributed by atoms with van der Waals surface area (Å²) in [7, 11) is 8.14. The Morgan fingerprint density at radius 2 is 1.19 bits per heavy atom. The highest BCUT2D eigenvalue weighted by Gasteiger charge is 2.12. The van der Waals surface area contributed by atoms with Crippen molar-refractivity contribution in [1.82, 2.24) is 9.80 Å². The number of rotatable bonds is 8. The van der Waals surface area contributed by atoms with E-state index in [-0.39, 0.29) is 24.8 Å².